The smallest absolute Gasteiger partial charge is 0.367 e. The molecule has 0 unspecified atom stereocenters. The summed E-state index contributed by atoms with van der Waals surface area (Å²) < 4.78 is 0. The molecule has 5 heteroatoms. The van der Waals surface area contributed by atoms with Gasteiger partial charge in [-0.25, -0.2) is 4.79 Å². The van der Waals surface area contributed by atoms with Gasteiger partial charge in [0, 0.05) is 0 Å². The van der Waals surface area contributed by atoms with Crippen LogP contribution in [-0.2, 0) is 4.79 Å². The maximum absolute atomic E-state index is 10.3. The normalized spacial score (nSPS) is 15.6. The molecule has 10 heavy (non-hydrogen) atoms. The third-order valence-electron chi connectivity index (χ3n) is 0.896. The molecular formula is C5H4N2O3. The van der Waals surface area contributed by atoms with Crippen LogP contribution in [0.1, 0.15) is 6.42 Å². The second-order valence-electron chi connectivity index (χ2n) is 1.71. The van der Waals surface area contributed by atoms with E-state index < -0.39 is 12.0 Å². The van der Waals surface area contributed by atoms with E-state index in [0.29, 0.717) is 0 Å². The van der Waals surface area contributed by atoms with Gasteiger partial charge in [-0.1, -0.05) is 0 Å². The minimum Gasteiger partial charge on any atom is -0.481 e. The second kappa shape index (κ2) is 2.38. The van der Waals surface area contributed by atoms with Crippen LogP contribution in [0.5, 0.6) is 0 Å². The standard InChI is InChI=1S/C5H4N2O3/c8-4(9)1-3-2-6-5(10)7-3/h2H,1H2,(H,8,9). The van der Waals surface area contributed by atoms with Crippen LogP contribution >= 0.6 is 0 Å². The number of amides is 2. The summed E-state index contributed by atoms with van der Waals surface area (Å²) in [5.74, 6) is -1.01. The number of hydrogen-bond donors (Lipinski definition) is 1. The summed E-state index contributed by atoms with van der Waals surface area (Å²) in [6.45, 7) is 0. The Morgan fingerprint density at radius 1 is 1.70 bits per heavy atom. The van der Waals surface area contributed by atoms with Crippen molar-refractivity contribution in [2.45, 2.75) is 6.42 Å². The number of rotatable bonds is 2. The van der Waals surface area contributed by atoms with Crippen LogP contribution < -0.4 is 0 Å². The van der Waals surface area contributed by atoms with E-state index in [1.54, 1.807) is 0 Å². The van der Waals surface area contributed by atoms with Gasteiger partial charge in [-0.3, -0.25) is 4.79 Å². The highest BCUT2D eigenvalue weighted by atomic mass is 16.4. The van der Waals surface area contributed by atoms with Crippen LogP contribution in [0.25, 0.3) is 0 Å². The first-order valence-electron chi connectivity index (χ1n) is 2.56. The summed E-state index contributed by atoms with van der Waals surface area (Å²) in [5.41, 5.74) is 0.206. The Balaban J connectivity index is 2.60. The van der Waals surface area contributed by atoms with Crippen LogP contribution in [0, 0.1) is 0 Å². The molecule has 52 valence electrons. The Bertz CT molecular complexity index is 241. The molecule has 0 aromatic heterocycles. The third-order valence-corrected chi connectivity index (χ3v) is 0.896. The first-order chi connectivity index (χ1) is 4.68. The van der Waals surface area contributed by atoms with E-state index in [1.807, 2.05) is 0 Å². The molecule has 1 N–H and O–H groups in total. The monoisotopic (exact) mass is 140 g/mol. The molecule has 0 aliphatic carbocycles. The van der Waals surface area contributed by atoms with Crippen molar-refractivity contribution < 1.29 is 14.7 Å². The van der Waals surface area contributed by atoms with Gasteiger partial charge in [0.25, 0.3) is 0 Å². The van der Waals surface area contributed by atoms with Gasteiger partial charge in [-0.15, -0.1) is 0 Å². The molecule has 0 fully saturated rings. The fourth-order valence-corrected chi connectivity index (χ4v) is 0.550. The molecule has 0 saturated heterocycles. The molecule has 0 saturated carbocycles. The highest BCUT2D eigenvalue weighted by molar-refractivity contribution is 6.40. The average Bonchev–Trinajstić information content (AvgIpc) is 2.13. The number of carboxylic acids is 1. The summed E-state index contributed by atoms with van der Waals surface area (Å²) in [4.78, 5) is 26.8. The summed E-state index contributed by atoms with van der Waals surface area (Å²) in [6.07, 6.45) is 0.922. The predicted octanol–water partition coefficient (Wildman–Crippen LogP) is 0.107. The second-order valence-corrected chi connectivity index (χ2v) is 1.71. The average molecular weight is 140 g/mol. The van der Waals surface area contributed by atoms with Gasteiger partial charge < -0.3 is 5.11 Å². The van der Waals surface area contributed by atoms with Crippen molar-refractivity contribution in [3.05, 3.63) is 0 Å². The number of urea groups is 1. The fraction of sp³-hybridized carbons (Fsp3) is 0.200. The molecule has 0 aromatic carbocycles. The molecule has 0 spiro atoms. The largest absolute Gasteiger partial charge is 0.481 e. The SMILES string of the molecule is O=C(O)CC1=NC(=O)N=C1. The van der Waals surface area contributed by atoms with Crippen molar-refractivity contribution in [2.75, 3.05) is 0 Å². The van der Waals surface area contributed by atoms with Crippen molar-refractivity contribution in [3.8, 4) is 0 Å². The van der Waals surface area contributed by atoms with Crippen LogP contribution in [0.3, 0.4) is 0 Å². The van der Waals surface area contributed by atoms with Gasteiger partial charge in [0.15, 0.2) is 0 Å². The van der Waals surface area contributed by atoms with Crippen molar-refractivity contribution in [3.63, 3.8) is 0 Å². The quantitative estimate of drug-likeness (QED) is 0.591. The number of carboxylic acid groups (broad SMARTS) is 1. The molecule has 0 bridgehead atoms. The Hall–Kier alpha value is -1.52. The number of aliphatic imine (C=N–C) groups is 2. The highest BCUT2D eigenvalue weighted by Crippen LogP contribution is 1.95. The Morgan fingerprint density at radius 2 is 2.40 bits per heavy atom. The maximum atomic E-state index is 10.3. The first kappa shape index (κ1) is 6.60. The molecule has 1 aliphatic rings. The number of nitrogens with zero attached hydrogens (tertiary/aromatic N) is 2. The fourth-order valence-electron chi connectivity index (χ4n) is 0.550. The van der Waals surface area contributed by atoms with E-state index in [4.69, 9.17) is 5.11 Å². The molecule has 2 amide bonds. The van der Waals surface area contributed by atoms with Gasteiger partial charge in [0.1, 0.15) is 0 Å². The maximum Gasteiger partial charge on any atom is 0.367 e. The van der Waals surface area contributed by atoms with Gasteiger partial charge in [0.2, 0.25) is 0 Å². The zero-order valence-corrected chi connectivity index (χ0v) is 4.94. The van der Waals surface area contributed by atoms with Gasteiger partial charge >= 0.3 is 12.0 Å². The predicted molar refractivity (Wildman–Crippen MR) is 33.6 cm³/mol. The topological polar surface area (TPSA) is 79.1 Å². The van der Waals surface area contributed by atoms with Crippen LogP contribution in [0.4, 0.5) is 4.79 Å². The first-order valence-corrected chi connectivity index (χ1v) is 2.56. The van der Waals surface area contributed by atoms with Gasteiger partial charge in [-0.2, -0.15) is 9.98 Å². The van der Waals surface area contributed by atoms with Crippen molar-refractivity contribution in [1.29, 1.82) is 0 Å². The molecule has 0 atom stereocenters. The van der Waals surface area contributed by atoms with E-state index in [9.17, 15) is 9.59 Å². The molecule has 1 heterocycles. The minimum atomic E-state index is -1.01. The molecule has 1 aliphatic heterocycles. The lowest BCUT2D eigenvalue weighted by Gasteiger charge is -1.85. The van der Waals surface area contributed by atoms with Crippen molar-refractivity contribution in [2.24, 2.45) is 9.98 Å². The number of aliphatic carboxylic acids is 1. The zero-order chi connectivity index (χ0) is 7.56. The Kier molecular flexibility index (Phi) is 1.57. The van der Waals surface area contributed by atoms with E-state index in [1.165, 1.54) is 0 Å². The number of carbonyl (C=O) groups excluding carboxylic acids is 1. The molecule has 1 rings (SSSR count). The summed E-state index contributed by atoms with van der Waals surface area (Å²) in [6, 6.07) is -0.628. The minimum absolute atomic E-state index is 0.206. The van der Waals surface area contributed by atoms with Crippen LogP contribution in [0.2, 0.25) is 0 Å². The lowest BCUT2D eigenvalue weighted by Crippen LogP contribution is -2.05. The summed E-state index contributed by atoms with van der Waals surface area (Å²) in [7, 11) is 0. The Morgan fingerprint density at radius 3 is 2.80 bits per heavy atom. The number of hydrogen-bond acceptors (Lipinski definition) is 2. The van der Waals surface area contributed by atoms with E-state index in [0.717, 1.165) is 6.21 Å². The lowest BCUT2D eigenvalue weighted by molar-refractivity contribution is -0.135. The highest BCUT2D eigenvalue weighted by Gasteiger charge is 2.10. The number of carbonyl (C=O) groups is 2. The zero-order valence-electron chi connectivity index (χ0n) is 4.94. The molecule has 5 nitrogen and oxygen atoms in total. The molecule has 0 aromatic rings. The van der Waals surface area contributed by atoms with Gasteiger partial charge in [-0.05, 0) is 0 Å². The van der Waals surface area contributed by atoms with Crippen LogP contribution in [-0.4, -0.2) is 29.0 Å². The van der Waals surface area contributed by atoms with Crippen molar-refractivity contribution >= 4 is 23.9 Å². The van der Waals surface area contributed by atoms with E-state index in [2.05, 4.69) is 9.98 Å². The molecular weight excluding hydrogens is 136 g/mol. The summed E-state index contributed by atoms with van der Waals surface area (Å²) in [5, 5.41) is 8.21. The van der Waals surface area contributed by atoms with E-state index >= 15 is 0 Å². The molecule has 0 radical (unpaired) electrons. The summed E-state index contributed by atoms with van der Waals surface area (Å²) >= 11 is 0. The van der Waals surface area contributed by atoms with E-state index in [-0.39, 0.29) is 12.1 Å². The van der Waals surface area contributed by atoms with Crippen molar-refractivity contribution in [1.82, 2.24) is 0 Å². The van der Waals surface area contributed by atoms with Gasteiger partial charge in [0.05, 0.1) is 18.3 Å². The Labute approximate surface area is 56.1 Å². The lowest BCUT2D eigenvalue weighted by atomic mass is 10.3. The third kappa shape index (κ3) is 1.48. The van der Waals surface area contributed by atoms with Crippen LogP contribution in [0.15, 0.2) is 9.98 Å².